The molecule has 0 spiro atoms. The SMILES string of the molecule is CCO[C@@H](Cc1ccc(OC[C@H](O)c2ccc(CC)cn2)cc1)C(=O)O. The molecule has 0 saturated carbocycles. The van der Waals surface area contributed by atoms with Gasteiger partial charge in [-0.2, -0.15) is 0 Å². The molecular weight excluding hydrogens is 334 g/mol. The van der Waals surface area contributed by atoms with E-state index < -0.39 is 18.2 Å². The average molecular weight is 359 g/mol. The van der Waals surface area contributed by atoms with Gasteiger partial charge in [0.05, 0.1) is 5.69 Å². The number of rotatable bonds is 10. The normalized spacial score (nSPS) is 13.2. The van der Waals surface area contributed by atoms with E-state index in [0.717, 1.165) is 17.5 Å². The highest BCUT2D eigenvalue weighted by molar-refractivity contribution is 5.72. The zero-order valence-electron chi connectivity index (χ0n) is 15.1. The Balaban J connectivity index is 1.88. The lowest BCUT2D eigenvalue weighted by Gasteiger charge is -2.14. The Kier molecular flexibility index (Phi) is 7.56. The molecule has 1 aromatic heterocycles. The molecule has 140 valence electrons. The van der Waals surface area contributed by atoms with E-state index >= 15 is 0 Å². The molecule has 1 aromatic carbocycles. The van der Waals surface area contributed by atoms with Crippen LogP contribution in [0.15, 0.2) is 42.6 Å². The number of aryl methyl sites for hydroxylation is 1. The molecular formula is C20H25NO5. The minimum atomic E-state index is -0.975. The Morgan fingerprint density at radius 2 is 1.81 bits per heavy atom. The number of hydrogen-bond acceptors (Lipinski definition) is 5. The number of benzene rings is 1. The van der Waals surface area contributed by atoms with E-state index in [9.17, 15) is 9.90 Å². The number of aliphatic hydroxyl groups excluding tert-OH is 1. The van der Waals surface area contributed by atoms with Gasteiger partial charge in [-0.05, 0) is 42.7 Å². The van der Waals surface area contributed by atoms with Crippen molar-refractivity contribution >= 4 is 5.97 Å². The van der Waals surface area contributed by atoms with Gasteiger partial charge in [-0.15, -0.1) is 0 Å². The van der Waals surface area contributed by atoms with Crippen LogP contribution in [-0.4, -0.2) is 40.5 Å². The second-order valence-electron chi connectivity index (χ2n) is 5.90. The van der Waals surface area contributed by atoms with Gasteiger partial charge >= 0.3 is 5.97 Å². The molecule has 0 aliphatic heterocycles. The van der Waals surface area contributed by atoms with Gasteiger partial charge in [0, 0.05) is 19.2 Å². The van der Waals surface area contributed by atoms with Crippen molar-refractivity contribution in [3.63, 3.8) is 0 Å². The second-order valence-corrected chi connectivity index (χ2v) is 5.90. The van der Waals surface area contributed by atoms with Crippen LogP contribution in [0.25, 0.3) is 0 Å². The minimum absolute atomic E-state index is 0.0918. The molecule has 2 rings (SSSR count). The molecule has 1 heterocycles. The van der Waals surface area contributed by atoms with E-state index in [2.05, 4.69) is 4.98 Å². The van der Waals surface area contributed by atoms with E-state index in [0.29, 0.717) is 24.5 Å². The van der Waals surface area contributed by atoms with Gasteiger partial charge in [0.25, 0.3) is 0 Å². The number of aliphatic carboxylic acids is 1. The van der Waals surface area contributed by atoms with Gasteiger partial charge in [-0.25, -0.2) is 4.79 Å². The zero-order valence-corrected chi connectivity index (χ0v) is 15.1. The molecule has 0 unspecified atom stereocenters. The van der Waals surface area contributed by atoms with E-state index in [1.165, 1.54) is 0 Å². The Morgan fingerprint density at radius 1 is 1.12 bits per heavy atom. The molecule has 0 amide bonds. The van der Waals surface area contributed by atoms with Gasteiger partial charge < -0.3 is 19.7 Å². The number of carboxylic acid groups (broad SMARTS) is 1. The molecule has 0 radical (unpaired) electrons. The van der Waals surface area contributed by atoms with Crippen LogP contribution < -0.4 is 4.74 Å². The molecule has 0 aliphatic carbocycles. The molecule has 0 saturated heterocycles. The van der Waals surface area contributed by atoms with Crippen molar-refractivity contribution < 1.29 is 24.5 Å². The average Bonchev–Trinajstić information content (AvgIpc) is 2.66. The molecule has 2 N–H and O–H groups in total. The summed E-state index contributed by atoms with van der Waals surface area (Å²) in [5.41, 5.74) is 2.53. The topological polar surface area (TPSA) is 88.9 Å². The first-order valence-electron chi connectivity index (χ1n) is 8.72. The fourth-order valence-corrected chi connectivity index (χ4v) is 2.46. The lowest BCUT2D eigenvalue weighted by atomic mass is 10.1. The smallest absolute Gasteiger partial charge is 0.333 e. The summed E-state index contributed by atoms with van der Waals surface area (Å²) in [6.45, 7) is 4.26. The third kappa shape index (κ3) is 5.82. The quantitative estimate of drug-likeness (QED) is 0.678. The fraction of sp³-hybridized carbons (Fsp3) is 0.400. The Hall–Kier alpha value is -2.44. The van der Waals surface area contributed by atoms with Crippen molar-refractivity contribution in [3.8, 4) is 5.75 Å². The van der Waals surface area contributed by atoms with E-state index in [4.69, 9.17) is 14.6 Å². The first kappa shape index (κ1) is 19.9. The maximum Gasteiger partial charge on any atom is 0.333 e. The number of aromatic nitrogens is 1. The Labute approximate surface area is 153 Å². The fourth-order valence-electron chi connectivity index (χ4n) is 2.46. The molecule has 0 bridgehead atoms. The second kappa shape index (κ2) is 9.89. The van der Waals surface area contributed by atoms with Crippen molar-refractivity contribution in [2.75, 3.05) is 13.2 Å². The number of carbonyl (C=O) groups is 1. The largest absolute Gasteiger partial charge is 0.490 e. The molecule has 26 heavy (non-hydrogen) atoms. The first-order valence-corrected chi connectivity index (χ1v) is 8.72. The predicted octanol–water partition coefficient (Wildman–Crippen LogP) is 2.79. The van der Waals surface area contributed by atoms with Gasteiger partial charge in [-0.3, -0.25) is 4.98 Å². The number of nitrogens with zero attached hydrogens (tertiary/aromatic N) is 1. The molecule has 6 nitrogen and oxygen atoms in total. The third-order valence-corrected chi connectivity index (χ3v) is 3.99. The maximum absolute atomic E-state index is 11.1. The van der Waals surface area contributed by atoms with Gasteiger partial charge in [0.2, 0.25) is 0 Å². The van der Waals surface area contributed by atoms with Crippen molar-refractivity contribution in [1.29, 1.82) is 0 Å². The van der Waals surface area contributed by atoms with Gasteiger partial charge in [0.1, 0.15) is 18.5 Å². The summed E-state index contributed by atoms with van der Waals surface area (Å²) in [6, 6.07) is 10.8. The molecule has 0 fully saturated rings. The highest BCUT2D eigenvalue weighted by atomic mass is 16.5. The molecule has 2 aromatic rings. The summed E-state index contributed by atoms with van der Waals surface area (Å²) >= 11 is 0. The summed E-state index contributed by atoms with van der Waals surface area (Å²) < 4.78 is 10.8. The summed E-state index contributed by atoms with van der Waals surface area (Å²) in [4.78, 5) is 15.4. The van der Waals surface area contributed by atoms with Crippen molar-refractivity contribution in [3.05, 3.63) is 59.4 Å². The maximum atomic E-state index is 11.1. The molecule has 6 heteroatoms. The summed E-state index contributed by atoms with van der Waals surface area (Å²) in [7, 11) is 0. The highest BCUT2D eigenvalue weighted by Crippen LogP contribution is 2.17. The predicted molar refractivity (Wildman–Crippen MR) is 97.3 cm³/mol. The van der Waals surface area contributed by atoms with Crippen LogP contribution in [0.4, 0.5) is 0 Å². The van der Waals surface area contributed by atoms with Crippen LogP contribution in [0, 0.1) is 0 Å². The molecule has 2 atom stereocenters. The number of aliphatic hydroxyl groups is 1. The lowest BCUT2D eigenvalue weighted by Crippen LogP contribution is -2.26. The Morgan fingerprint density at radius 3 is 2.35 bits per heavy atom. The number of ether oxygens (including phenoxy) is 2. The monoisotopic (exact) mass is 359 g/mol. The van der Waals surface area contributed by atoms with E-state index in [1.54, 1.807) is 43.5 Å². The summed E-state index contributed by atoms with van der Waals surface area (Å²) in [6.07, 6.45) is 1.28. The molecule has 0 aliphatic rings. The van der Waals surface area contributed by atoms with Crippen LogP contribution in [0.5, 0.6) is 5.75 Å². The number of pyridine rings is 1. The van der Waals surface area contributed by atoms with E-state index in [-0.39, 0.29) is 6.61 Å². The number of hydrogen-bond donors (Lipinski definition) is 2. The Bertz CT molecular complexity index is 684. The van der Waals surface area contributed by atoms with Crippen LogP contribution in [0.2, 0.25) is 0 Å². The van der Waals surface area contributed by atoms with Gasteiger partial charge in [-0.1, -0.05) is 25.1 Å². The van der Waals surface area contributed by atoms with Crippen LogP contribution >= 0.6 is 0 Å². The standard InChI is InChI=1S/C20H25NO5/c1-3-14-7-10-17(21-12-14)18(22)13-26-16-8-5-15(6-9-16)11-19(20(23)24)25-4-2/h5-10,12,18-19,22H,3-4,11,13H2,1-2H3,(H,23,24)/t18-,19-/m0/s1. The van der Waals surface area contributed by atoms with Gasteiger partial charge in [0.15, 0.2) is 6.10 Å². The van der Waals surface area contributed by atoms with Crippen LogP contribution in [-0.2, 0) is 22.4 Å². The van der Waals surface area contributed by atoms with Crippen LogP contribution in [0.1, 0.15) is 36.8 Å². The van der Waals surface area contributed by atoms with Crippen molar-refractivity contribution in [2.24, 2.45) is 0 Å². The van der Waals surface area contributed by atoms with E-state index in [1.807, 2.05) is 13.0 Å². The summed E-state index contributed by atoms with van der Waals surface area (Å²) in [5.74, 6) is -0.377. The summed E-state index contributed by atoms with van der Waals surface area (Å²) in [5, 5.41) is 19.3. The van der Waals surface area contributed by atoms with Crippen LogP contribution in [0.3, 0.4) is 0 Å². The van der Waals surface area contributed by atoms with Crippen molar-refractivity contribution in [2.45, 2.75) is 38.9 Å². The minimum Gasteiger partial charge on any atom is -0.490 e. The lowest BCUT2D eigenvalue weighted by molar-refractivity contribution is -0.149. The highest BCUT2D eigenvalue weighted by Gasteiger charge is 2.18. The number of carboxylic acids is 1. The first-order chi connectivity index (χ1) is 12.5. The van der Waals surface area contributed by atoms with Crippen molar-refractivity contribution in [1.82, 2.24) is 4.98 Å². The zero-order chi connectivity index (χ0) is 18.9. The third-order valence-electron chi connectivity index (χ3n) is 3.99.